The molecule has 0 radical (unpaired) electrons. The molecule has 0 bridgehead atoms. The fraction of sp³-hybridized carbons (Fsp3) is 0.400. The number of likely N-dealkylation sites (N-methyl/N-ethyl adjacent to an activating group) is 1. The predicted octanol–water partition coefficient (Wildman–Crippen LogP) is 1.56. The van der Waals surface area contributed by atoms with E-state index in [1.54, 1.807) is 0 Å². The molecule has 0 saturated carbocycles. The maximum absolute atomic E-state index is 12.6. The van der Waals surface area contributed by atoms with Crippen LogP contribution in [0.1, 0.15) is 23.2 Å². The van der Waals surface area contributed by atoms with Gasteiger partial charge >= 0.3 is 0 Å². The Bertz CT molecular complexity index is 595. The second-order valence-electron chi connectivity index (χ2n) is 5.18. The lowest BCUT2D eigenvalue weighted by molar-refractivity contribution is 0.0737. The topological polar surface area (TPSA) is 71.3 Å². The number of amides is 1. The number of nitrogens with zero attached hydrogens (tertiary/aromatic N) is 3. The van der Waals surface area contributed by atoms with E-state index in [-0.39, 0.29) is 5.91 Å². The Morgan fingerprint density at radius 2 is 2.24 bits per heavy atom. The Kier molecular flexibility index (Phi) is 3.96. The molecule has 1 N–H and O–H groups in total. The van der Waals surface area contributed by atoms with Gasteiger partial charge in [0, 0.05) is 30.3 Å². The van der Waals surface area contributed by atoms with Crippen LogP contribution in [0.25, 0.3) is 11.4 Å². The van der Waals surface area contributed by atoms with Gasteiger partial charge in [0.25, 0.3) is 5.91 Å². The summed E-state index contributed by atoms with van der Waals surface area (Å²) in [6, 6.07) is 7.63. The minimum atomic E-state index is 0.0902. The van der Waals surface area contributed by atoms with E-state index in [2.05, 4.69) is 15.5 Å². The highest BCUT2D eigenvalue weighted by molar-refractivity contribution is 5.95. The van der Waals surface area contributed by atoms with Crippen LogP contribution in [-0.2, 0) is 0 Å². The SMILES string of the molecule is CNC[C@@H]1CCCN1C(=O)c1ccc(-c2ncon2)cc1. The maximum Gasteiger partial charge on any atom is 0.254 e. The van der Waals surface area contributed by atoms with Crippen LogP contribution in [0.15, 0.2) is 35.2 Å². The minimum absolute atomic E-state index is 0.0902. The quantitative estimate of drug-likeness (QED) is 0.923. The average Bonchev–Trinajstić information content (AvgIpc) is 3.19. The fourth-order valence-corrected chi connectivity index (χ4v) is 2.78. The van der Waals surface area contributed by atoms with Crippen molar-refractivity contribution in [3.63, 3.8) is 0 Å². The lowest BCUT2D eigenvalue weighted by atomic mass is 10.1. The molecule has 110 valence electrons. The summed E-state index contributed by atoms with van der Waals surface area (Å²) in [7, 11) is 1.92. The Balaban J connectivity index is 1.76. The van der Waals surface area contributed by atoms with Crippen molar-refractivity contribution in [1.29, 1.82) is 0 Å². The lowest BCUT2D eigenvalue weighted by Gasteiger charge is -2.24. The molecule has 2 aromatic rings. The summed E-state index contributed by atoms with van der Waals surface area (Å²) in [6.07, 6.45) is 3.42. The van der Waals surface area contributed by atoms with E-state index in [4.69, 9.17) is 4.52 Å². The molecule has 1 aromatic carbocycles. The van der Waals surface area contributed by atoms with Crippen LogP contribution in [-0.4, -0.2) is 47.1 Å². The van der Waals surface area contributed by atoms with Crippen molar-refractivity contribution in [1.82, 2.24) is 20.4 Å². The van der Waals surface area contributed by atoms with Gasteiger partial charge in [0.15, 0.2) is 0 Å². The van der Waals surface area contributed by atoms with E-state index >= 15 is 0 Å². The molecule has 1 saturated heterocycles. The third kappa shape index (κ3) is 2.80. The number of likely N-dealkylation sites (tertiary alicyclic amines) is 1. The number of hydrogen-bond acceptors (Lipinski definition) is 5. The molecule has 0 aliphatic carbocycles. The van der Waals surface area contributed by atoms with Gasteiger partial charge in [0.2, 0.25) is 12.2 Å². The zero-order valence-corrected chi connectivity index (χ0v) is 12.0. The number of hydrogen-bond donors (Lipinski definition) is 1. The van der Waals surface area contributed by atoms with Gasteiger partial charge < -0.3 is 14.7 Å². The standard InChI is InChI=1S/C15H18N4O2/c1-16-9-13-3-2-8-19(13)15(20)12-6-4-11(5-7-12)14-17-10-21-18-14/h4-7,10,13,16H,2-3,8-9H2,1H3/t13-/m0/s1. The summed E-state index contributed by atoms with van der Waals surface area (Å²) < 4.78 is 4.73. The second kappa shape index (κ2) is 6.05. The number of benzene rings is 1. The molecule has 0 unspecified atom stereocenters. The highest BCUT2D eigenvalue weighted by Crippen LogP contribution is 2.21. The van der Waals surface area contributed by atoms with Gasteiger partial charge in [-0.3, -0.25) is 4.79 Å². The summed E-state index contributed by atoms with van der Waals surface area (Å²) in [5.41, 5.74) is 1.54. The highest BCUT2D eigenvalue weighted by Gasteiger charge is 2.28. The fourth-order valence-electron chi connectivity index (χ4n) is 2.78. The third-order valence-electron chi connectivity index (χ3n) is 3.83. The van der Waals surface area contributed by atoms with E-state index in [9.17, 15) is 4.79 Å². The van der Waals surface area contributed by atoms with Gasteiger partial charge in [0.05, 0.1) is 0 Å². The smallest absolute Gasteiger partial charge is 0.254 e. The van der Waals surface area contributed by atoms with Gasteiger partial charge in [0.1, 0.15) is 0 Å². The number of carbonyl (C=O) groups excluding carboxylic acids is 1. The molecular formula is C15H18N4O2. The average molecular weight is 286 g/mol. The Morgan fingerprint density at radius 3 is 2.90 bits per heavy atom. The van der Waals surface area contributed by atoms with Crippen molar-refractivity contribution in [3.05, 3.63) is 36.2 Å². The van der Waals surface area contributed by atoms with E-state index in [0.29, 0.717) is 17.4 Å². The predicted molar refractivity (Wildman–Crippen MR) is 77.7 cm³/mol. The molecule has 1 atom stereocenters. The van der Waals surface area contributed by atoms with Crippen LogP contribution < -0.4 is 5.32 Å². The molecular weight excluding hydrogens is 268 g/mol. The highest BCUT2D eigenvalue weighted by atomic mass is 16.5. The largest absolute Gasteiger partial charge is 0.342 e. The van der Waals surface area contributed by atoms with E-state index in [0.717, 1.165) is 31.5 Å². The van der Waals surface area contributed by atoms with Gasteiger partial charge in [-0.1, -0.05) is 17.3 Å². The summed E-state index contributed by atoms with van der Waals surface area (Å²) in [5, 5.41) is 6.94. The first-order valence-electron chi connectivity index (χ1n) is 7.12. The summed E-state index contributed by atoms with van der Waals surface area (Å²) >= 11 is 0. The molecule has 21 heavy (non-hydrogen) atoms. The molecule has 6 nitrogen and oxygen atoms in total. The zero-order chi connectivity index (χ0) is 14.7. The zero-order valence-electron chi connectivity index (χ0n) is 12.0. The lowest BCUT2D eigenvalue weighted by Crippen LogP contribution is -2.40. The van der Waals surface area contributed by atoms with Gasteiger partial charge in [-0.25, -0.2) is 0 Å². The van der Waals surface area contributed by atoms with Crippen molar-refractivity contribution in [2.45, 2.75) is 18.9 Å². The van der Waals surface area contributed by atoms with Crippen LogP contribution in [0.2, 0.25) is 0 Å². The molecule has 3 rings (SSSR count). The van der Waals surface area contributed by atoms with Crippen LogP contribution in [0.4, 0.5) is 0 Å². The van der Waals surface area contributed by atoms with Crippen LogP contribution in [0.3, 0.4) is 0 Å². The number of carbonyl (C=O) groups is 1. The molecule has 2 heterocycles. The van der Waals surface area contributed by atoms with Crippen molar-refractivity contribution in [3.8, 4) is 11.4 Å². The van der Waals surface area contributed by atoms with Crippen LogP contribution >= 0.6 is 0 Å². The van der Waals surface area contributed by atoms with Crippen molar-refractivity contribution in [2.24, 2.45) is 0 Å². The van der Waals surface area contributed by atoms with E-state index in [1.807, 2.05) is 36.2 Å². The molecule has 1 aliphatic heterocycles. The Hall–Kier alpha value is -2.21. The first-order chi connectivity index (χ1) is 10.3. The summed E-state index contributed by atoms with van der Waals surface area (Å²) in [4.78, 5) is 18.5. The molecule has 1 aliphatic rings. The van der Waals surface area contributed by atoms with Crippen LogP contribution in [0, 0.1) is 0 Å². The molecule has 1 aromatic heterocycles. The first kappa shape index (κ1) is 13.8. The summed E-state index contributed by atoms with van der Waals surface area (Å²) in [6.45, 7) is 1.67. The Morgan fingerprint density at radius 1 is 1.43 bits per heavy atom. The van der Waals surface area contributed by atoms with Crippen molar-refractivity contribution >= 4 is 5.91 Å². The van der Waals surface area contributed by atoms with Crippen LogP contribution in [0.5, 0.6) is 0 Å². The maximum atomic E-state index is 12.6. The van der Waals surface area contributed by atoms with E-state index < -0.39 is 0 Å². The van der Waals surface area contributed by atoms with Crippen molar-refractivity contribution in [2.75, 3.05) is 20.1 Å². The van der Waals surface area contributed by atoms with E-state index in [1.165, 1.54) is 6.39 Å². The number of rotatable bonds is 4. The Labute approximate surface area is 123 Å². The molecule has 1 amide bonds. The number of nitrogens with one attached hydrogen (secondary N) is 1. The normalized spacial score (nSPS) is 18.1. The first-order valence-corrected chi connectivity index (χ1v) is 7.12. The van der Waals surface area contributed by atoms with Gasteiger partial charge in [-0.15, -0.1) is 0 Å². The van der Waals surface area contributed by atoms with Crippen molar-refractivity contribution < 1.29 is 9.32 Å². The molecule has 1 fully saturated rings. The van der Waals surface area contributed by atoms with Gasteiger partial charge in [-0.2, -0.15) is 4.98 Å². The molecule has 0 spiro atoms. The summed E-state index contributed by atoms with van der Waals surface area (Å²) in [5.74, 6) is 0.621. The van der Waals surface area contributed by atoms with Gasteiger partial charge in [-0.05, 0) is 32.0 Å². The second-order valence-corrected chi connectivity index (χ2v) is 5.18. The monoisotopic (exact) mass is 286 g/mol. The number of aromatic nitrogens is 2. The molecule has 6 heteroatoms. The minimum Gasteiger partial charge on any atom is -0.342 e. The third-order valence-corrected chi connectivity index (χ3v) is 3.83.